The third kappa shape index (κ3) is 3.16. The van der Waals surface area contributed by atoms with Crippen LogP contribution in [0.1, 0.15) is 37.7 Å². The molecular weight excluding hydrogens is 238 g/mol. The van der Waals surface area contributed by atoms with Crippen molar-refractivity contribution in [1.29, 1.82) is 0 Å². The van der Waals surface area contributed by atoms with Crippen LogP contribution in [0.3, 0.4) is 0 Å². The number of hydrogen-bond acceptors (Lipinski definition) is 2. The van der Waals surface area contributed by atoms with E-state index in [9.17, 15) is 4.79 Å². The highest BCUT2D eigenvalue weighted by atomic mass is 16.6. The maximum atomic E-state index is 12.4. The maximum Gasteiger partial charge on any atom is 0.254 e. The van der Waals surface area contributed by atoms with Gasteiger partial charge in [-0.05, 0) is 18.4 Å². The van der Waals surface area contributed by atoms with Crippen molar-refractivity contribution in [2.75, 3.05) is 6.61 Å². The van der Waals surface area contributed by atoms with Gasteiger partial charge in [-0.3, -0.25) is 4.79 Å². The summed E-state index contributed by atoms with van der Waals surface area (Å²) in [6.07, 6.45) is 5.93. The molecule has 19 heavy (non-hydrogen) atoms. The van der Waals surface area contributed by atoms with Crippen LogP contribution in [0.15, 0.2) is 30.3 Å². The van der Waals surface area contributed by atoms with Crippen LogP contribution < -0.4 is 0 Å². The number of epoxide rings is 1. The highest BCUT2D eigenvalue weighted by Crippen LogP contribution is 2.26. The van der Waals surface area contributed by atoms with Crippen molar-refractivity contribution in [1.82, 2.24) is 4.90 Å². The van der Waals surface area contributed by atoms with E-state index in [0.29, 0.717) is 12.6 Å². The van der Waals surface area contributed by atoms with Gasteiger partial charge in [0.25, 0.3) is 5.91 Å². The lowest BCUT2D eigenvalue weighted by atomic mass is 9.93. The highest BCUT2D eigenvalue weighted by molar-refractivity contribution is 5.83. The molecule has 3 nitrogen and oxygen atoms in total. The number of nitrogens with zero attached hydrogens (tertiary/aromatic N) is 1. The third-order valence-electron chi connectivity index (χ3n) is 4.10. The fraction of sp³-hybridized carbons (Fsp3) is 0.562. The largest absolute Gasteiger partial charge is 0.363 e. The maximum absolute atomic E-state index is 12.4. The summed E-state index contributed by atoms with van der Waals surface area (Å²) >= 11 is 0. The Labute approximate surface area is 114 Å². The molecule has 2 fully saturated rings. The van der Waals surface area contributed by atoms with E-state index in [-0.39, 0.29) is 12.0 Å². The van der Waals surface area contributed by atoms with Crippen molar-refractivity contribution >= 4 is 5.91 Å². The Morgan fingerprint density at radius 1 is 1.16 bits per heavy atom. The number of carbonyl (C=O) groups excluding carboxylic acids is 1. The van der Waals surface area contributed by atoms with Crippen molar-refractivity contribution in [2.24, 2.45) is 0 Å². The van der Waals surface area contributed by atoms with Crippen LogP contribution in [0.2, 0.25) is 0 Å². The second kappa shape index (κ2) is 5.74. The summed E-state index contributed by atoms with van der Waals surface area (Å²) in [6, 6.07) is 10.7. The number of carbonyl (C=O) groups is 1. The molecule has 1 aromatic carbocycles. The third-order valence-corrected chi connectivity index (χ3v) is 4.10. The van der Waals surface area contributed by atoms with Gasteiger partial charge >= 0.3 is 0 Å². The van der Waals surface area contributed by atoms with Gasteiger partial charge in [0, 0.05) is 12.6 Å². The van der Waals surface area contributed by atoms with Gasteiger partial charge in [0.05, 0.1) is 6.61 Å². The van der Waals surface area contributed by atoms with Gasteiger partial charge in [-0.1, -0.05) is 49.6 Å². The van der Waals surface area contributed by atoms with Gasteiger partial charge in [0.2, 0.25) is 0 Å². The predicted octanol–water partition coefficient (Wildman–Crippen LogP) is 2.75. The van der Waals surface area contributed by atoms with Crippen LogP contribution in [-0.2, 0) is 16.1 Å². The van der Waals surface area contributed by atoms with E-state index in [2.05, 4.69) is 17.0 Å². The van der Waals surface area contributed by atoms with Crippen LogP contribution in [0.25, 0.3) is 0 Å². The molecule has 2 aliphatic rings. The minimum atomic E-state index is -0.161. The van der Waals surface area contributed by atoms with E-state index in [1.54, 1.807) is 0 Å². The fourth-order valence-electron chi connectivity index (χ4n) is 2.94. The van der Waals surface area contributed by atoms with Crippen LogP contribution in [0, 0.1) is 0 Å². The first-order valence-corrected chi connectivity index (χ1v) is 7.30. The molecule has 1 saturated carbocycles. The Bertz CT molecular complexity index is 422. The zero-order valence-electron chi connectivity index (χ0n) is 11.3. The second-order valence-corrected chi connectivity index (χ2v) is 5.57. The standard InChI is InChI=1S/C16H21NO2/c18-16(15-12-19-15)17(14-9-5-2-6-10-14)11-13-7-3-1-4-8-13/h1,3-4,7-8,14-15H,2,5-6,9-12H2. The molecule has 1 unspecified atom stereocenters. The van der Waals surface area contributed by atoms with Gasteiger partial charge in [-0.2, -0.15) is 0 Å². The SMILES string of the molecule is O=C(C1CO1)N(Cc1ccccc1)C1CCCCC1. The zero-order valence-corrected chi connectivity index (χ0v) is 11.3. The van der Waals surface area contributed by atoms with Gasteiger partial charge < -0.3 is 9.64 Å². The lowest BCUT2D eigenvalue weighted by Gasteiger charge is -2.34. The molecule has 1 atom stereocenters. The van der Waals surface area contributed by atoms with Crippen molar-refractivity contribution in [3.63, 3.8) is 0 Å². The zero-order chi connectivity index (χ0) is 13.1. The number of ether oxygens (including phenoxy) is 1. The minimum absolute atomic E-state index is 0.161. The Hall–Kier alpha value is -1.35. The monoisotopic (exact) mass is 259 g/mol. The summed E-state index contributed by atoms with van der Waals surface area (Å²) in [4.78, 5) is 14.5. The minimum Gasteiger partial charge on any atom is -0.363 e. The molecule has 0 radical (unpaired) electrons. The first-order chi connectivity index (χ1) is 9.34. The van der Waals surface area contributed by atoms with Crippen LogP contribution in [0.4, 0.5) is 0 Å². The average molecular weight is 259 g/mol. The number of amides is 1. The van der Waals surface area contributed by atoms with Gasteiger partial charge in [-0.15, -0.1) is 0 Å². The van der Waals surface area contributed by atoms with Crippen molar-refractivity contribution in [2.45, 2.75) is 50.8 Å². The second-order valence-electron chi connectivity index (χ2n) is 5.57. The topological polar surface area (TPSA) is 32.8 Å². The number of benzene rings is 1. The van der Waals surface area contributed by atoms with E-state index in [4.69, 9.17) is 4.74 Å². The Balaban J connectivity index is 1.73. The fourth-order valence-corrected chi connectivity index (χ4v) is 2.94. The van der Waals surface area contributed by atoms with Gasteiger partial charge in [0.15, 0.2) is 6.10 Å². The van der Waals surface area contributed by atoms with Crippen LogP contribution in [-0.4, -0.2) is 29.6 Å². The highest BCUT2D eigenvalue weighted by Gasteiger charge is 2.37. The van der Waals surface area contributed by atoms with E-state index in [1.807, 2.05) is 18.2 Å². The average Bonchev–Trinajstić information content (AvgIpc) is 3.31. The first kappa shape index (κ1) is 12.7. The number of rotatable bonds is 4. The van der Waals surface area contributed by atoms with Crippen molar-refractivity contribution < 1.29 is 9.53 Å². The molecular formula is C16H21NO2. The molecule has 1 aliphatic carbocycles. The summed E-state index contributed by atoms with van der Waals surface area (Å²) in [5.41, 5.74) is 1.21. The molecule has 1 aliphatic heterocycles. The van der Waals surface area contributed by atoms with E-state index >= 15 is 0 Å². The van der Waals surface area contributed by atoms with E-state index in [1.165, 1.54) is 24.8 Å². The van der Waals surface area contributed by atoms with E-state index < -0.39 is 0 Å². The number of hydrogen-bond donors (Lipinski definition) is 0. The molecule has 0 bridgehead atoms. The molecule has 1 heterocycles. The Morgan fingerprint density at radius 2 is 1.84 bits per heavy atom. The van der Waals surface area contributed by atoms with Crippen LogP contribution >= 0.6 is 0 Å². The summed E-state index contributed by atoms with van der Waals surface area (Å²) in [5.74, 6) is 0.191. The van der Waals surface area contributed by atoms with Crippen LogP contribution in [0.5, 0.6) is 0 Å². The summed E-state index contributed by atoms with van der Waals surface area (Å²) in [6.45, 7) is 1.33. The van der Waals surface area contributed by atoms with Gasteiger partial charge in [0.1, 0.15) is 0 Å². The molecule has 1 aromatic rings. The summed E-state index contributed by atoms with van der Waals surface area (Å²) < 4.78 is 5.19. The molecule has 0 aromatic heterocycles. The molecule has 0 spiro atoms. The molecule has 3 heteroatoms. The predicted molar refractivity (Wildman–Crippen MR) is 73.6 cm³/mol. The molecule has 0 N–H and O–H groups in total. The molecule has 1 amide bonds. The summed E-state index contributed by atoms with van der Waals surface area (Å²) in [7, 11) is 0. The molecule has 3 rings (SSSR count). The van der Waals surface area contributed by atoms with Gasteiger partial charge in [-0.25, -0.2) is 0 Å². The normalized spacial score (nSPS) is 23.1. The van der Waals surface area contributed by atoms with E-state index in [0.717, 1.165) is 19.4 Å². The Morgan fingerprint density at radius 3 is 2.47 bits per heavy atom. The first-order valence-electron chi connectivity index (χ1n) is 7.30. The smallest absolute Gasteiger partial charge is 0.254 e. The Kier molecular flexibility index (Phi) is 3.83. The molecule has 1 saturated heterocycles. The lowest BCUT2D eigenvalue weighted by Crippen LogP contribution is -2.43. The lowest BCUT2D eigenvalue weighted by molar-refractivity contribution is -0.136. The van der Waals surface area contributed by atoms with Crippen molar-refractivity contribution in [3.8, 4) is 0 Å². The molecule has 102 valence electrons. The quantitative estimate of drug-likeness (QED) is 0.779. The summed E-state index contributed by atoms with van der Waals surface area (Å²) in [5, 5.41) is 0. The van der Waals surface area contributed by atoms with Crippen molar-refractivity contribution in [3.05, 3.63) is 35.9 Å².